The van der Waals surface area contributed by atoms with Crippen LogP contribution in [0.3, 0.4) is 0 Å². The highest BCUT2D eigenvalue weighted by molar-refractivity contribution is 6.03. The highest BCUT2D eigenvalue weighted by atomic mass is 16.5. The first kappa shape index (κ1) is 14.3. The molecule has 23 heavy (non-hydrogen) atoms. The van der Waals surface area contributed by atoms with Gasteiger partial charge in [-0.2, -0.15) is 0 Å². The average Bonchev–Trinajstić information content (AvgIpc) is 2.92. The van der Waals surface area contributed by atoms with Gasteiger partial charge in [-0.15, -0.1) is 0 Å². The van der Waals surface area contributed by atoms with Gasteiger partial charge >= 0.3 is 0 Å². The molecule has 0 saturated carbocycles. The van der Waals surface area contributed by atoms with E-state index >= 15 is 0 Å². The minimum atomic E-state index is 0.820. The summed E-state index contributed by atoms with van der Waals surface area (Å²) in [4.78, 5) is 7.36. The molecular formula is C19H21N3O. The van der Waals surface area contributed by atoms with E-state index in [0.29, 0.717) is 0 Å². The lowest BCUT2D eigenvalue weighted by Gasteiger charge is -2.24. The number of fused-ring (bicyclic) bond motifs is 2. The van der Waals surface area contributed by atoms with Gasteiger partial charge in [0.2, 0.25) is 0 Å². The van der Waals surface area contributed by atoms with Crippen molar-refractivity contribution in [2.75, 3.05) is 26.2 Å². The van der Waals surface area contributed by atoms with Gasteiger partial charge in [-0.25, -0.2) is 4.99 Å². The summed E-state index contributed by atoms with van der Waals surface area (Å²) < 4.78 is 6.15. The van der Waals surface area contributed by atoms with Crippen LogP contribution >= 0.6 is 0 Å². The third-order valence-corrected chi connectivity index (χ3v) is 4.33. The zero-order chi connectivity index (χ0) is 15.6. The summed E-state index contributed by atoms with van der Waals surface area (Å²) in [6.45, 7) is 6.15. The summed E-state index contributed by atoms with van der Waals surface area (Å²) in [5.74, 6) is 2.73. The summed E-state index contributed by atoms with van der Waals surface area (Å²) in [7, 11) is 0. The molecule has 4 rings (SSSR count). The van der Waals surface area contributed by atoms with Gasteiger partial charge in [-0.05, 0) is 44.2 Å². The van der Waals surface area contributed by atoms with Crippen LogP contribution < -0.4 is 10.1 Å². The fourth-order valence-electron chi connectivity index (χ4n) is 3.13. The number of para-hydroxylation sites is 2. The number of nitrogens with one attached hydrogen (secondary N) is 1. The Balaban J connectivity index is 1.86. The van der Waals surface area contributed by atoms with Crippen molar-refractivity contribution in [2.45, 2.75) is 13.3 Å². The molecule has 2 aliphatic heterocycles. The molecule has 4 nitrogen and oxygen atoms in total. The number of ether oxygens (including phenoxy) is 1. The van der Waals surface area contributed by atoms with Crippen LogP contribution in [0.2, 0.25) is 0 Å². The first-order valence-electron chi connectivity index (χ1n) is 8.23. The van der Waals surface area contributed by atoms with E-state index in [1.807, 2.05) is 24.3 Å². The van der Waals surface area contributed by atoms with E-state index in [4.69, 9.17) is 9.73 Å². The molecule has 0 bridgehead atoms. The Kier molecular flexibility index (Phi) is 3.75. The minimum Gasteiger partial charge on any atom is -0.454 e. The molecule has 1 fully saturated rings. The Hall–Kier alpha value is -2.33. The zero-order valence-electron chi connectivity index (χ0n) is 13.4. The Labute approximate surface area is 136 Å². The molecule has 2 aromatic carbocycles. The molecule has 0 unspecified atom stereocenters. The van der Waals surface area contributed by atoms with E-state index in [9.17, 15) is 0 Å². The molecule has 118 valence electrons. The number of aryl methyl sites for hydroxylation is 1. The van der Waals surface area contributed by atoms with Gasteiger partial charge in [-0.1, -0.05) is 23.8 Å². The van der Waals surface area contributed by atoms with Crippen LogP contribution in [0.5, 0.6) is 11.5 Å². The van der Waals surface area contributed by atoms with E-state index in [1.54, 1.807) is 0 Å². The van der Waals surface area contributed by atoms with Gasteiger partial charge in [0.1, 0.15) is 17.3 Å². The molecule has 2 heterocycles. The molecule has 2 aromatic rings. The van der Waals surface area contributed by atoms with E-state index in [1.165, 1.54) is 5.56 Å². The van der Waals surface area contributed by atoms with Crippen LogP contribution in [0.4, 0.5) is 5.69 Å². The third-order valence-electron chi connectivity index (χ3n) is 4.33. The predicted octanol–water partition coefficient (Wildman–Crippen LogP) is 3.47. The van der Waals surface area contributed by atoms with Crippen molar-refractivity contribution in [3.05, 3.63) is 53.6 Å². The molecule has 0 amide bonds. The molecule has 1 N–H and O–H groups in total. The molecule has 0 aliphatic carbocycles. The van der Waals surface area contributed by atoms with Crippen LogP contribution in [0, 0.1) is 6.92 Å². The Morgan fingerprint density at radius 2 is 1.96 bits per heavy atom. The number of rotatable bonds is 0. The van der Waals surface area contributed by atoms with Gasteiger partial charge in [0.05, 0.1) is 5.56 Å². The number of hydrogen-bond donors (Lipinski definition) is 1. The number of hydrogen-bond acceptors (Lipinski definition) is 4. The van der Waals surface area contributed by atoms with E-state index in [2.05, 4.69) is 35.3 Å². The van der Waals surface area contributed by atoms with Crippen molar-refractivity contribution in [1.29, 1.82) is 0 Å². The first-order valence-corrected chi connectivity index (χ1v) is 8.23. The van der Waals surface area contributed by atoms with Gasteiger partial charge < -0.3 is 15.0 Å². The molecule has 0 spiro atoms. The van der Waals surface area contributed by atoms with Crippen molar-refractivity contribution in [3.8, 4) is 11.5 Å². The monoisotopic (exact) mass is 307 g/mol. The third kappa shape index (κ3) is 2.82. The van der Waals surface area contributed by atoms with Gasteiger partial charge in [0.25, 0.3) is 0 Å². The number of amidine groups is 1. The SMILES string of the molecule is Cc1ccc2c(c1)C(N1CCCNCC1)=Nc1ccccc1O2. The normalized spacial score (nSPS) is 17.3. The number of aliphatic imine (C=N–C) groups is 1. The summed E-state index contributed by atoms with van der Waals surface area (Å²) >= 11 is 0. The Bertz CT molecular complexity index is 746. The van der Waals surface area contributed by atoms with Gasteiger partial charge in [-0.3, -0.25) is 0 Å². The maximum atomic E-state index is 6.15. The maximum absolute atomic E-state index is 6.15. The lowest BCUT2D eigenvalue weighted by molar-refractivity contribution is 0.445. The van der Waals surface area contributed by atoms with Crippen LogP contribution in [-0.2, 0) is 0 Å². The van der Waals surface area contributed by atoms with Crippen molar-refractivity contribution in [1.82, 2.24) is 10.2 Å². The first-order chi connectivity index (χ1) is 11.3. The predicted molar refractivity (Wildman–Crippen MR) is 93.0 cm³/mol. The summed E-state index contributed by atoms with van der Waals surface area (Å²) in [6, 6.07) is 14.3. The van der Waals surface area contributed by atoms with Crippen molar-refractivity contribution >= 4 is 11.5 Å². The molecule has 2 aliphatic rings. The Morgan fingerprint density at radius 3 is 2.91 bits per heavy atom. The largest absolute Gasteiger partial charge is 0.454 e. The molecule has 1 saturated heterocycles. The fraction of sp³-hybridized carbons (Fsp3) is 0.316. The van der Waals surface area contributed by atoms with E-state index < -0.39 is 0 Å². The second-order valence-corrected chi connectivity index (χ2v) is 6.10. The van der Waals surface area contributed by atoms with Crippen LogP contribution in [0.1, 0.15) is 17.5 Å². The van der Waals surface area contributed by atoms with Crippen molar-refractivity contribution in [3.63, 3.8) is 0 Å². The van der Waals surface area contributed by atoms with Crippen LogP contribution in [0.25, 0.3) is 0 Å². The topological polar surface area (TPSA) is 36.9 Å². The quantitative estimate of drug-likeness (QED) is 0.809. The average molecular weight is 307 g/mol. The van der Waals surface area contributed by atoms with E-state index in [-0.39, 0.29) is 0 Å². The van der Waals surface area contributed by atoms with E-state index in [0.717, 1.165) is 61.2 Å². The standard InChI is InChI=1S/C19H21N3O/c1-14-7-8-17-15(13-14)19(22-11-4-9-20-10-12-22)21-16-5-2-3-6-18(16)23-17/h2-3,5-8,13,20H,4,9-12H2,1H3. The second-order valence-electron chi connectivity index (χ2n) is 6.10. The Morgan fingerprint density at radius 1 is 1.04 bits per heavy atom. The second kappa shape index (κ2) is 6.05. The van der Waals surface area contributed by atoms with Crippen molar-refractivity contribution < 1.29 is 4.74 Å². The highest BCUT2D eigenvalue weighted by Crippen LogP contribution is 2.38. The minimum absolute atomic E-state index is 0.820. The lowest BCUT2D eigenvalue weighted by atomic mass is 10.1. The van der Waals surface area contributed by atoms with Gasteiger partial charge in [0, 0.05) is 19.6 Å². The molecule has 0 aromatic heterocycles. The number of benzene rings is 2. The summed E-state index contributed by atoms with van der Waals surface area (Å²) in [6.07, 6.45) is 1.13. The lowest BCUT2D eigenvalue weighted by Crippen LogP contribution is -2.34. The van der Waals surface area contributed by atoms with Crippen molar-refractivity contribution in [2.24, 2.45) is 4.99 Å². The fourth-order valence-corrected chi connectivity index (χ4v) is 3.13. The summed E-state index contributed by atoms with van der Waals surface area (Å²) in [5.41, 5.74) is 3.20. The molecular weight excluding hydrogens is 286 g/mol. The smallest absolute Gasteiger partial charge is 0.153 e. The molecule has 4 heteroatoms. The maximum Gasteiger partial charge on any atom is 0.153 e. The number of nitrogens with zero attached hydrogens (tertiary/aromatic N) is 2. The summed E-state index contributed by atoms with van der Waals surface area (Å²) in [5, 5.41) is 3.46. The zero-order valence-corrected chi connectivity index (χ0v) is 13.4. The van der Waals surface area contributed by atoms with Crippen LogP contribution in [-0.4, -0.2) is 36.9 Å². The van der Waals surface area contributed by atoms with Crippen LogP contribution in [0.15, 0.2) is 47.5 Å². The molecule has 0 atom stereocenters. The molecule has 0 radical (unpaired) electrons. The highest BCUT2D eigenvalue weighted by Gasteiger charge is 2.23. The van der Waals surface area contributed by atoms with Gasteiger partial charge in [0.15, 0.2) is 5.75 Å².